The molecule has 0 spiro atoms. The van der Waals surface area contributed by atoms with Crippen molar-refractivity contribution in [3.05, 3.63) is 53.9 Å². The molecule has 0 saturated carbocycles. The molecule has 16 heavy (non-hydrogen) atoms. The number of rotatable bonds is 3. The normalized spacial score (nSPS) is 11.0. The Morgan fingerprint density at radius 2 is 2.19 bits per heavy atom. The van der Waals surface area contributed by atoms with E-state index in [9.17, 15) is 4.39 Å². The van der Waals surface area contributed by atoms with Crippen LogP contribution < -0.4 is 0 Å². The molecule has 0 atom stereocenters. The number of aromatic nitrogens is 2. The van der Waals surface area contributed by atoms with Gasteiger partial charge in [0.1, 0.15) is 11.6 Å². The fraction of sp³-hybridized carbons (Fsp3) is 0.308. The molecule has 0 saturated heterocycles. The van der Waals surface area contributed by atoms with Gasteiger partial charge in [-0.15, -0.1) is 0 Å². The van der Waals surface area contributed by atoms with Crippen LogP contribution in [0, 0.1) is 5.82 Å². The van der Waals surface area contributed by atoms with Crippen molar-refractivity contribution >= 4 is 0 Å². The summed E-state index contributed by atoms with van der Waals surface area (Å²) in [4.78, 5) is 4.30. The molecular weight excluding hydrogens is 203 g/mol. The molecule has 2 nitrogen and oxygen atoms in total. The summed E-state index contributed by atoms with van der Waals surface area (Å²) in [6, 6.07) is 6.68. The van der Waals surface area contributed by atoms with E-state index in [0.717, 1.165) is 11.4 Å². The summed E-state index contributed by atoms with van der Waals surface area (Å²) in [5.74, 6) is 1.22. The van der Waals surface area contributed by atoms with Crippen molar-refractivity contribution in [3.63, 3.8) is 0 Å². The van der Waals surface area contributed by atoms with Crippen molar-refractivity contribution in [2.75, 3.05) is 0 Å². The molecule has 2 rings (SSSR count). The van der Waals surface area contributed by atoms with Crippen LogP contribution in [0.4, 0.5) is 4.39 Å². The summed E-state index contributed by atoms with van der Waals surface area (Å²) in [7, 11) is 0. The Bertz CT molecular complexity index is 474. The maximum Gasteiger partial charge on any atom is 0.123 e. The monoisotopic (exact) mass is 218 g/mol. The zero-order valence-electron chi connectivity index (χ0n) is 9.52. The van der Waals surface area contributed by atoms with E-state index in [0.29, 0.717) is 12.5 Å². The third kappa shape index (κ3) is 2.30. The predicted molar refractivity (Wildman–Crippen MR) is 61.8 cm³/mol. The summed E-state index contributed by atoms with van der Waals surface area (Å²) < 4.78 is 15.1. The zero-order valence-corrected chi connectivity index (χ0v) is 9.52. The van der Waals surface area contributed by atoms with Crippen LogP contribution in [-0.4, -0.2) is 9.55 Å². The number of benzene rings is 1. The number of nitrogens with zero attached hydrogens (tertiary/aromatic N) is 2. The van der Waals surface area contributed by atoms with Gasteiger partial charge in [0.2, 0.25) is 0 Å². The van der Waals surface area contributed by atoms with Gasteiger partial charge in [0.15, 0.2) is 0 Å². The molecule has 0 amide bonds. The van der Waals surface area contributed by atoms with Crippen LogP contribution in [-0.2, 0) is 6.54 Å². The van der Waals surface area contributed by atoms with Crippen LogP contribution in [0.3, 0.4) is 0 Å². The van der Waals surface area contributed by atoms with Crippen LogP contribution in [0.1, 0.15) is 31.2 Å². The molecule has 0 unspecified atom stereocenters. The van der Waals surface area contributed by atoms with Gasteiger partial charge in [0.05, 0.1) is 0 Å². The van der Waals surface area contributed by atoms with E-state index < -0.39 is 0 Å². The van der Waals surface area contributed by atoms with Crippen LogP contribution in [0.15, 0.2) is 36.7 Å². The van der Waals surface area contributed by atoms with Gasteiger partial charge in [-0.25, -0.2) is 9.37 Å². The highest BCUT2D eigenvalue weighted by Gasteiger charge is 2.07. The first-order chi connectivity index (χ1) is 7.66. The third-order valence-corrected chi connectivity index (χ3v) is 2.51. The first-order valence-corrected chi connectivity index (χ1v) is 5.42. The Morgan fingerprint density at radius 1 is 1.38 bits per heavy atom. The SMILES string of the molecule is CC(C)c1nccn1Cc1cccc(F)c1. The number of hydrogen-bond acceptors (Lipinski definition) is 1. The van der Waals surface area contributed by atoms with Crippen LogP contribution in [0.2, 0.25) is 0 Å². The summed E-state index contributed by atoms with van der Waals surface area (Å²) in [6.45, 7) is 4.88. The van der Waals surface area contributed by atoms with Gasteiger partial charge in [-0.2, -0.15) is 0 Å². The van der Waals surface area contributed by atoms with E-state index in [1.165, 1.54) is 6.07 Å². The molecule has 3 heteroatoms. The van der Waals surface area contributed by atoms with Crippen molar-refractivity contribution in [3.8, 4) is 0 Å². The average molecular weight is 218 g/mol. The lowest BCUT2D eigenvalue weighted by Crippen LogP contribution is -2.05. The van der Waals surface area contributed by atoms with Gasteiger partial charge in [-0.05, 0) is 17.7 Å². The maximum atomic E-state index is 13.0. The molecule has 0 aliphatic carbocycles. The molecule has 84 valence electrons. The summed E-state index contributed by atoms with van der Waals surface area (Å²) in [5.41, 5.74) is 0.958. The average Bonchev–Trinajstić information content (AvgIpc) is 2.66. The van der Waals surface area contributed by atoms with E-state index in [-0.39, 0.29) is 5.82 Å². The smallest absolute Gasteiger partial charge is 0.123 e. The molecule has 0 aliphatic rings. The van der Waals surface area contributed by atoms with E-state index in [4.69, 9.17) is 0 Å². The first kappa shape index (κ1) is 10.9. The summed E-state index contributed by atoms with van der Waals surface area (Å²) in [6.07, 6.45) is 3.72. The fourth-order valence-corrected chi connectivity index (χ4v) is 1.79. The molecule has 0 radical (unpaired) electrons. The van der Waals surface area contributed by atoms with Crippen LogP contribution in [0.5, 0.6) is 0 Å². The summed E-state index contributed by atoms with van der Waals surface area (Å²) >= 11 is 0. The highest BCUT2D eigenvalue weighted by molar-refractivity contribution is 5.17. The second kappa shape index (κ2) is 4.47. The Labute approximate surface area is 94.8 Å². The minimum absolute atomic E-state index is 0.191. The molecule has 2 aromatic rings. The lowest BCUT2D eigenvalue weighted by Gasteiger charge is -2.10. The van der Waals surface area contributed by atoms with Gasteiger partial charge in [-0.1, -0.05) is 26.0 Å². The first-order valence-electron chi connectivity index (χ1n) is 5.42. The van der Waals surface area contributed by atoms with Gasteiger partial charge in [-0.3, -0.25) is 0 Å². The number of hydrogen-bond donors (Lipinski definition) is 0. The second-order valence-electron chi connectivity index (χ2n) is 4.20. The van der Waals surface area contributed by atoms with Gasteiger partial charge < -0.3 is 4.57 Å². The quantitative estimate of drug-likeness (QED) is 0.773. The zero-order chi connectivity index (χ0) is 11.5. The molecule has 1 heterocycles. The number of halogens is 1. The molecule has 0 aliphatic heterocycles. The minimum Gasteiger partial charge on any atom is -0.330 e. The van der Waals surface area contributed by atoms with Crippen molar-refractivity contribution in [1.82, 2.24) is 9.55 Å². The molecule has 0 bridgehead atoms. The highest BCUT2D eigenvalue weighted by Crippen LogP contribution is 2.14. The minimum atomic E-state index is -0.191. The third-order valence-electron chi connectivity index (χ3n) is 2.51. The topological polar surface area (TPSA) is 17.8 Å². The van der Waals surface area contributed by atoms with E-state index in [1.54, 1.807) is 18.3 Å². The van der Waals surface area contributed by atoms with E-state index >= 15 is 0 Å². The molecular formula is C13H15FN2. The molecule has 0 fully saturated rings. The molecule has 1 aromatic carbocycles. The molecule has 0 N–H and O–H groups in total. The van der Waals surface area contributed by atoms with Crippen molar-refractivity contribution < 1.29 is 4.39 Å². The Morgan fingerprint density at radius 3 is 2.88 bits per heavy atom. The fourth-order valence-electron chi connectivity index (χ4n) is 1.79. The van der Waals surface area contributed by atoms with Crippen molar-refractivity contribution in [2.24, 2.45) is 0 Å². The maximum absolute atomic E-state index is 13.0. The van der Waals surface area contributed by atoms with E-state index in [1.807, 2.05) is 12.3 Å². The van der Waals surface area contributed by atoms with Crippen LogP contribution in [0.25, 0.3) is 0 Å². The van der Waals surface area contributed by atoms with Crippen molar-refractivity contribution in [1.29, 1.82) is 0 Å². The lowest BCUT2D eigenvalue weighted by molar-refractivity contribution is 0.620. The van der Waals surface area contributed by atoms with Gasteiger partial charge >= 0.3 is 0 Å². The Hall–Kier alpha value is -1.64. The molecule has 1 aromatic heterocycles. The van der Waals surface area contributed by atoms with E-state index in [2.05, 4.69) is 23.4 Å². The van der Waals surface area contributed by atoms with Gasteiger partial charge in [0.25, 0.3) is 0 Å². The predicted octanol–water partition coefficient (Wildman–Crippen LogP) is 3.19. The van der Waals surface area contributed by atoms with Crippen LogP contribution >= 0.6 is 0 Å². The Kier molecular flexibility index (Phi) is 3.04. The Balaban J connectivity index is 2.24. The lowest BCUT2D eigenvalue weighted by atomic mass is 10.2. The highest BCUT2D eigenvalue weighted by atomic mass is 19.1. The summed E-state index contributed by atoms with van der Waals surface area (Å²) in [5, 5.41) is 0. The van der Waals surface area contributed by atoms with Crippen molar-refractivity contribution in [2.45, 2.75) is 26.3 Å². The number of imidazole rings is 1. The van der Waals surface area contributed by atoms with Gasteiger partial charge in [0, 0.05) is 24.9 Å². The standard InChI is InChI=1S/C13H15FN2/c1-10(2)13-15-6-7-16(13)9-11-4-3-5-12(14)8-11/h3-8,10H,9H2,1-2H3. The second-order valence-corrected chi connectivity index (χ2v) is 4.20. The largest absolute Gasteiger partial charge is 0.330 e.